The first-order valence-electron chi connectivity index (χ1n) is 2.27. The summed E-state index contributed by atoms with van der Waals surface area (Å²) in [6.07, 6.45) is 0. The minimum Gasteiger partial charge on any atom is -1.00 e. The second-order valence-electron chi connectivity index (χ2n) is 1.39. The summed E-state index contributed by atoms with van der Waals surface area (Å²) < 4.78 is 4.88. The Labute approximate surface area is 87.6 Å². The van der Waals surface area contributed by atoms with Crippen molar-refractivity contribution in [2.24, 2.45) is 0 Å². The summed E-state index contributed by atoms with van der Waals surface area (Å²) in [5, 5.41) is 0. The van der Waals surface area contributed by atoms with Crippen molar-refractivity contribution in [2.45, 2.75) is 0 Å². The van der Waals surface area contributed by atoms with Gasteiger partial charge in [-0.25, -0.2) is 0 Å². The van der Waals surface area contributed by atoms with Crippen molar-refractivity contribution < 1.29 is 5.92 Å². The molecule has 0 fully saturated rings. The van der Waals surface area contributed by atoms with Gasteiger partial charge in [0.05, 0.1) is 0 Å². The third kappa shape index (κ3) is 3.27. The van der Waals surface area contributed by atoms with E-state index in [0.29, 0.717) is 0 Å². The van der Waals surface area contributed by atoms with E-state index in [1.165, 1.54) is 0 Å². The Morgan fingerprint density at radius 1 is 1.22 bits per heavy atom. The molecule has 0 aliphatic rings. The molecule has 0 heterocycles. The molecule has 0 aliphatic heterocycles. The van der Waals surface area contributed by atoms with E-state index in [4.69, 9.17) is 3.07 Å². The van der Waals surface area contributed by atoms with Gasteiger partial charge in [-0.15, -0.1) is 0 Å². The van der Waals surface area contributed by atoms with Crippen LogP contribution in [0.5, 0.6) is 5.75 Å². The van der Waals surface area contributed by atoms with Gasteiger partial charge in [-0.3, -0.25) is 0 Å². The van der Waals surface area contributed by atoms with Gasteiger partial charge in [0, 0.05) is 0 Å². The molecule has 0 N–H and O–H groups in total. The van der Waals surface area contributed by atoms with Crippen molar-refractivity contribution in [3.8, 4) is 5.75 Å². The molecule has 0 unspecified atom stereocenters. The molecule has 1 rings (SSSR count). The Morgan fingerprint density at radius 3 is 2.11 bits per heavy atom. The summed E-state index contributed by atoms with van der Waals surface area (Å²) in [7, 11) is 0. The molecule has 0 bridgehead atoms. The van der Waals surface area contributed by atoms with Crippen LogP contribution in [0.3, 0.4) is 0 Å². The number of halogens is 1. The second kappa shape index (κ2) is 5.31. The van der Waals surface area contributed by atoms with E-state index in [9.17, 15) is 0 Å². The van der Waals surface area contributed by atoms with Crippen LogP contribution < -0.4 is 3.07 Å². The van der Waals surface area contributed by atoms with Gasteiger partial charge in [-0.05, 0) is 12.1 Å². The monoisotopic (exact) mass is 246 g/mol. The third-order valence-electron chi connectivity index (χ3n) is 0.832. The first kappa shape index (κ1) is 9.52. The first-order valence-corrected chi connectivity index (χ1v) is 3.15. The summed E-state index contributed by atoms with van der Waals surface area (Å²) in [4.78, 5) is 0. The molecule has 1 aromatic carbocycles. The normalized spacial score (nSPS) is 7.67. The zero-order chi connectivity index (χ0) is 5.82. The van der Waals surface area contributed by atoms with E-state index in [2.05, 4.69) is 0 Å². The number of benzene rings is 1. The molecule has 0 atom stereocenters. The van der Waals surface area contributed by atoms with E-state index in [-0.39, 0.29) is 25.9 Å². The van der Waals surface area contributed by atoms with Crippen LogP contribution in [0.2, 0.25) is 0 Å². The first-order chi connectivity index (χ1) is 3.93. The fourth-order valence-corrected chi connectivity index (χ4v) is 0.766. The quantitative estimate of drug-likeness (QED) is 0.545. The van der Waals surface area contributed by atoms with E-state index in [0.717, 1.165) is 5.75 Å². The summed E-state index contributed by atoms with van der Waals surface area (Å²) in [5.74, 6) is 0.896. The Hall–Kier alpha value is 0.516. The fourth-order valence-electron chi connectivity index (χ4n) is 0.472. The maximum absolute atomic E-state index is 4.88. The van der Waals surface area contributed by atoms with Crippen molar-refractivity contribution >= 4 is 46.1 Å². The largest absolute Gasteiger partial charge is 2.00 e. The summed E-state index contributed by atoms with van der Waals surface area (Å²) in [5.41, 5.74) is 0. The van der Waals surface area contributed by atoms with Gasteiger partial charge < -0.3 is 5.92 Å². The van der Waals surface area contributed by atoms with Crippen LogP contribution in [0.15, 0.2) is 30.3 Å². The molecule has 0 saturated heterocycles. The van der Waals surface area contributed by atoms with Crippen molar-refractivity contribution in [3.05, 3.63) is 30.3 Å². The molecule has 0 aliphatic carbocycles. The smallest absolute Gasteiger partial charge is 1.00 e. The molecule has 0 saturated carbocycles. The van der Waals surface area contributed by atoms with Gasteiger partial charge in [0.2, 0.25) is 0 Å². The topological polar surface area (TPSA) is 9.23 Å². The molecule has 46 valence electrons. The molecule has 0 radical (unpaired) electrons. The molecule has 9 heavy (non-hydrogen) atoms. The van der Waals surface area contributed by atoms with Gasteiger partial charge in [0.25, 0.3) is 0 Å². The van der Waals surface area contributed by atoms with E-state index in [1.807, 2.05) is 53.3 Å². The number of para-hydroxylation sites is 1. The van der Waals surface area contributed by atoms with Crippen LogP contribution in [0, 0.1) is 0 Å². The average Bonchev–Trinajstić information content (AvgIpc) is 1.90. The standard InChI is InChI=1S/C6H5IO.Mg.2H/c7-8-6-4-2-1-3-5-6;;;/h1-5H;;;/q;+2;2*-1. The Morgan fingerprint density at radius 2 is 1.78 bits per heavy atom. The molecule has 0 aromatic heterocycles. The van der Waals surface area contributed by atoms with E-state index >= 15 is 0 Å². The minimum absolute atomic E-state index is 0. The molecule has 1 aromatic rings. The zero-order valence-electron chi connectivity index (χ0n) is 6.88. The minimum atomic E-state index is 0. The molecular weight excluding hydrogens is 239 g/mol. The molecule has 0 amide bonds. The second-order valence-corrected chi connectivity index (χ2v) is 1.83. The predicted molar refractivity (Wildman–Crippen MR) is 49.1 cm³/mol. The van der Waals surface area contributed by atoms with Crippen LogP contribution in [-0.4, -0.2) is 23.1 Å². The van der Waals surface area contributed by atoms with Crippen LogP contribution in [0.25, 0.3) is 0 Å². The number of hydrogen-bond donors (Lipinski definition) is 0. The Kier molecular flexibility index (Phi) is 5.62. The number of rotatable bonds is 1. The molecule has 3 heteroatoms. The van der Waals surface area contributed by atoms with Crippen molar-refractivity contribution in [3.63, 3.8) is 0 Å². The molecule has 0 spiro atoms. The Balaban J connectivity index is -0.000000213. The zero-order valence-corrected chi connectivity index (χ0v) is 8.45. The summed E-state index contributed by atoms with van der Waals surface area (Å²) in [6, 6.07) is 9.65. The van der Waals surface area contributed by atoms with Crippen molar-refractivity contribution in [1.29, 1.82) is 0 Å². The average molecular weight is 246 g/mol. The van der Waals surface area contributed by atoms with Gasteiger partial charge in [0.15, 0.2) is 23.0 Å². The van der Waals surface area contributed by atoms with Crippen LogP contribution >= 0.6 is 23.0 Å². The van der Waals surface area contributed by atoms with E-state index < -0.39 is 0 Å². The molecule has 1 nitrogen and oxygen atoms in total. The van der Waals surface area contributed by atoms with Gasteiger partial charge >= 0.3 is 23.1 Å². The van der Waals surface area contributed by atoms with Gasteiger partial charge in [-0.1, -0.05) is 18.2 Å². The predicted octanol–water partition coefficient (Wildman–Crippen LogP) is 2.26. The summed E-state index contributed by atoms with van der Waals surface area (Å²) in [6.45, 7) is 0. The van der Waals surface area contributed by atoms with Gasteiger partial charge in [-0.2, -0.15) is 0 Å². The van der Waals surface area contributed by atoms with Crippen molar-refractivity contribution in [1.82, 2.24) is 0 Å². The maximum atomic E-state index is 4.88. The fraction of sp³-hybridized carbons (Fsp3) is 0. The number of hydrogen-bond acceptors (Lipinski definition) is 1. The molecular formula is C6H7IMgO. The van der Waals surface area contributed by atoms with Crippen LogP contribution in [0.4, 0.5) is 0 Å². The summed E-state index contributed by atoms with van der Waals surface area (Å²) >= 11 is 1.85. The third-order valence-corrected chi connectivity index (χ3v) is 1.34. The van der Waals surface area contributed by atoms with Crippen LogP contribution in [0.1, 0.15) is 2.85 Å². The van der Waals surface area contributed by atoms with Crippen molar-refractivity contribution in [2.75, 3.05) is 0 Å². The maximum Gasteiger partial charge on any atom is 2.00 e. The van der Waals surface area contributed by atoms with E-state index in [1.54, 1.807) is 0 Å². The Bertz CT molecular complexity index is 162. The van der Waals surface area contributed by atoms with Crippen LogP contribution in [-0.2, 0) is 0 Å². The SMILES string of the molecule is IOc1ccccc1.[H-].[H-].[Mg+2]. The van der Waals surface area contributed by atoms with Gasteiger partial charge in [0.1, 0.15) is 5.75 Å².